The van der Waals surface area contributed by atoms with Crippen LogP contribution in [0.4, 0.5) is 0 Å². The van der Waals surface area contributed by atoms with Crippen LogP contribution in [0.25, 0.3) is 11.4 Å². The van der Waals surface area contributed by atoms with E-state index in [-0.39, 0.29) is 0 Å². The summed E-state index contributed by atoms with van der Waals surface area (Å²) in [5, 5.41) is 9.56. The summed E-state index contributed by atoms with van der Waals surface area (Å²) >= 11 is 1.66. The molecule has 2 rings (SSSR count). The number of aromatic nitrogens is 4. The van der Waals surface area contributed by atoms with Gasteiger partial charge in [0.15, 0.2) is 11.0 Å². The van der Waals surface area contributed by atoms with E-state index in [1.807, 2.05) is 18.2 Å². The Morgan fingerprint density at radius 2 is 2.05 bits per heavy atom. The summed E-state index contributed by atoms with van der Waals surface area (Å²) in [6, 6.07) is 3.92. The molecule has 0 aromatic carbocycles. The first kappa shape index (κ1) is 13.8. The van der Waals surface area contributed by atoms with Gasteiger partial charge in [0.05, 0.1) is 0 Å². The lowest BCUT2D eigenvalue weighted by Gasteiger charge is -2.11. The molecule has 0 fully saturated rings. The maximum absolute atomic E-state index is 4.32. The Balaban J connectivity index is 2.37. The fraction of sp³-hybridized carbons (Fsp3) is 0.357. The van der Waals surface area contributed by atoms with Gasteiger partial charge in [-0.1, -0.05) is 31.7 Å². The molecule has 0 aliphatic carbocycles. The van der Waals surface area contributed by atoms with Gasteiger partial charge >= 0.3 is 0 Å². The summed E-state index contributed by atoms with van der Waals surface area (Å²) in [6.07, 6.45) is 5.44. The van der Waals surface area contributed by atoms with Gasteiger partial charge in [-0.2, -0.15) is 0 Å². The monoisotopic (exact) mass is 274 g/mol. The van der Waals surface area contributed by atoms with E-state index in [1.165, 1.54) is 0 Å². The quantitative estimate of drug-likeness (QED) is 0.599. The Hall–Kier alpha value is -1.62. The molecule has 0 radical (unpaired) electrons. The minimum absolute atomic E-state index is 0.541. The van der Waals surface area contributed by atoms with Crippen molar-refractivity contribution in [2.45, 2.75) is 25.5 Å². The predicted molar refractivity (Wildman–Crippen MR) is 79.0 cm³/mol. The van der Waals surface area contributed by atoms with Gasteiger partial charge in [-0.3, -0.25) is 4.98 Å². The van der Waals surface area contributed by atoms with Gasteiger partial charge in [-0.25, -0.2) is 0 Å². The molecule has 2 heterocycles. The standard InChI is InChI=1S/C14H18N4S/c1-4-9-19-14-17-16-13(18(14)10-11(2)3)12-5-7-15-8-6-12/h4-8,11H,1,9-10H2,2-3H3. The van der Waals surface area contributed by atoms with Crippen molar-refractivity contribution >= 4 is 11.8 Å². The summed E-state index contributed by atoms with van der Waals surface area (Å²) in [5.74, 6) is 2.29. The molecule has 2 aromatic rings. The Morgan fingerprint density at radius 1 is 1.32 bits per heavy atom. The molecule has 19 heavy (non-hydrogen) atoms. The molecule has 0 bridgehead atoms. The highest BCUT2D eigenvalue weighted by molar-refractivity contribution is 7.99. The van der Waals surface area contributed by atoms with E-state index in [2.05, 4.69) is 40.2 Å². The molecule has 0 N–H and O–H groups in total. The molecule has 4 nitrogen and oxygen atoms in total. The van der Waals surface area contributed by atoms with Gasteiger partial charge in [-0.15, -0.1) is 16.8 Å². The molecule has 0 spiro atoms. The van der Waals surface area contributed by atoms with Crippen molar-refractivity contribution in [3.05, 3.63) is 37.2 Å². The molecule has 0 saturated heterocycles. The third kappa shape index (κ3) is 3.44. The number of nitrogens with zero attached hydrogens (tertiary/aromatic N) is 4. The first-order chi connectivity index (χ1) is 9.22. The number of rotatable bonds is 6. The Bertz CT molecular complexity index is 534. The molecule has 0 aliphatic heterocycles. The van der Waals surface area contributed by atoms with E-state index >= 15 is 0 Å². The molecule has 100 valence electrons. The van der Waals surface area contributed by atoms with Crippen LogP contribution in [0, 0.1) is 5.92 Å². The zero-order chi connectivity index (χ0) is 13.7. The summed E-state index contributed by atoms with van der Waals surface area (Å²) in [5.41, 5.74) is 1.05. The van der Waals surface area contributed by atoms with Crippen molar-refractivity contribution < 1.29 is 0 Å². The highest BCUT2D eigenvalue weighted by atomic mass is 32.2. The second-order valence-electron chi connectivity index (χ2n) is 4.65. The van der Waals surface area contributed by atoms with Crippen LogP contribution in [0.5, 0.6) is 0 Å². The fourth-order valence-electron chi connectivity index (χ4n) is 1.77. The van der Waals surface area contributed by atoms with Crippen LogP contribution in [0.2, 0.25) is 0 Å². The Morgan fingerprint density at radius 3 is 2.68 bits per heavy atom. The smallest absolute Gasteiger partial charge is 0.191 e. The zero-order valence-corrected chi connectivity index (χ0v) is 12.1. The summed E-state index contributed by atoms with van der Waals surface area (Å²) in [7, 11) is 0. The second-order valence-corrected chi connectivity index (χ2v) is 5.63. The first-order valence-electron chi connectivity index (χ1n) is 6.29. The van der Waals surface area contributed by atoms with E-state index in [9.17, 15) is 0 Å². The van der Waals surface area contributed by atoms with Crippen molar-refractivity contribution in [2.24, 2.45) is 5.92 Å². The maximum atomic E-state index is 4.32. The summed E-state index contributed by atoms with van der Waals surface area (Å²) < 4.78 is 2.17. The van der Waals surface area contributed by atoms with Gasteiger partial charge < -0.3 is 4.57 Å². The predicted octanol–water partition coefficient (Wildman–Crippen LogP) is 3.27. The zero-order valence-electron chi connectivity index (χ0n) is 11.3. The van der Waals surface area contributed by atoms with Crippen LogP contribution in [-0.4, -0.2) is 25.5 Å². The number of hydrogen-bond donors (Lipinski definition) is 0. The molecular formula is C14H18N4S. The lowest BCUT2D eigenvalue weighted by atomic mass is 10.2. The van der Waals surface area contributed by atoms with Crippen LogP contribution in [-0.2, 0) is 6.54 Å². The average Bonchev–Trinajstić information content (AvgIpc) is 2.79. The van der Waals surface area contributed by atoms with E-state index < -0.39 is 0 Å². The van der Waals surface area contributed by atoms with Crippen molar-refractivity contribution in [3.63, 3.8) is 0 Å². The molecule has 2 aromatic heterocycles. The molecule has 0 saturated carbocycles. The van der Waals surface area contributed by atoms with Crippen molar-refractivity contribution in [3.8, 4) is 11.4 Å². The topological polar surface area (TPSA) is 43.6 Å². The van der Waals surface area contributed by atoms with Crippen LogP contribution < -0.4 is 0 Å². The van der Waals surface area contributed by atoms with Gasteiger partial charge in [-0.05, 0) is 18.1 Å². The lowest BCUT2D eigenvalue weighted by molar-refractivity contribution is 0.498. The largest absolute Gasteiger partial charge is 0.302 e. The van der Waals surface area contributed by atoms with E-state index in [0.717, 1.165) is 28.8 Å². The third-order valence-corrected chi connectivity index (χ3v) is 3.50. The highest BCUT2D eigenvalue weighted by Crippen LogP contribution is 2.24. The van der Waals surface area contributed by atoms with Gasteiger partial charge in [0.25, 0.3) is 0 Å². The molecular weight excluding hydrogens is 256 g/mol. The lowest BCUT2D eigenvalue weighted by Crippen LogP contribution is -2.07. The van der Waals surface area contributed by atoms with Crippen molar-refractivity contribution in [1.82, 2.24) is 19.7 Å². The minimum Gasteiger partial charge on any atom is -0.302 e. The van der Waals surface area contributed by atoms with E-state index in [1.54, 1.807) is 24.2 Å². The highest BCUT2D eigenvalue weighted by Gasteiger charge is 2.14. The number of pyridine rings is 1. The number of thioether (sulfide) groups is 1. The SMILES string of the molecule is C=CCSc1nnc(-c2ccncc2)n1CC(C)C. The van der Waals surface area contributed by atoms with Gasteiger partial charge in [0, 0.05) is 30.3 Å². The normalized spacial score (nSPS) is 10.9. The van der Waals surface area contributed by atoms with Gasteiger partial charge in [0.1, 0.15) is 0 Å². The second kappa shape index (κ2) is 6.52. The fourth-order valence-corrected chi connectivity index (χ4v) is 2.46. The van der Waals surface area contributed by atoms with Crippen LogP contribution in [0.3, 0.4) is 0 Å². The Labute approximate surface area is 118 Å². The first-order valence-corrected chi connectivity index (χ1v) is 7.28. The number of hydrogen-bond acceptors (Lipinski definition) is 4. The van der Waals surface area contributed by atoms with Gasteiger partial charge in [0.2, 0.25) is 0 Å². The van der Waals surface area contributed by atoms with Crippen molar-refractivity contribution in [2.75, 3.05) is 5.75 Å². The molecule has 0 amide bonds. The summed E-state index contributed by atoms with van der Waals surface area (Å²) in [6.45, 7) is 9.04. The van der Waals surface area contributed by atoms with Crippen molar-refractivity contribution in [1.29, 1.82) is 0 Å². The average molecular weight is 274 g/mol. The van der Waals surface area contributed by atoms with Crippen LogP contribution in [0.1, 0.15) is 13.8 Å². The maximum Gasteiger partial charge on any atom is 0.191 e. The molecule has 5 heteroatoms. The van der Waals surface area contributed by atoms with E-state index in [4.69, 9.17) is 0 Å². The summed E-state index contributed by atoms with van der Waals surface area (Å²) in [4.78, 5) is 4.04. The molecule has 0 atom stereocenters. The van der Waals surface area contributed by atoms with E-state index in [0.29, 0.717) is 5.92 Å². The van der Waals surface area contributed by atoms with Crippen LogP contribution >= 0.6 is 11.8 Å². The Kier molecular flexibility index (Phi) is 4.74. The van der Waals surface area contributed by atoms with Crippen LogP contribution in [0.15, 0.2) is 42.3 Å². The molecule has 0 aliphatic rings. The minimum atomic E-state index is 0.541. The molecule has 0 unspecified atom stereocenters. The third-order valence-electron chi connectivity index (χ3n) is 2.53.